The highest BCUT2D eigenvalue weighted by Gasteiger charge is 2.35. The third-order valence-electron chi connectivity index (χ3n) is 5.67. The molecule has 3 heterocycles. The Hall–Kier alpha value is -3.21. The van der Waals surface area contributed by atoms with Crippen molar-refractivity contribution < 1.29 is 23.8 Å². The molecule has 2 amide bonds. The molecule has 1 aliphatic rings. The molecule has 184 valence electrons. The largest absolute Gasteiger partial charge is 0.493 e. The molecule has 1 aliphatic heterocycles. The first-order chi connectivity index (χ1) is 17.0. The average Bonchev–Trinajstić information content (AvgIpc) is 3.67. The number of carbonyl (C=O) groups is 2. The standard InChI is InChI=1S/C25H27N3O5S2/c1-31-11-10-27(25(30)23-7-5-13-35-23)16-24(29)28-19(15-18(26-28)22-6-4-12-34-22)17-8-9-20(32-2)21(14-17)33-3/h4-9,12-14,19H,10-11,15-16H2,1-3H3/t19-/m0/s1. The zero-order chi connectivity index (χ0) is 24.8. The van der Waals surface area contributed by atoms with Crippen molar-refractivity contribution in [2.45, 2.75) is 12.5 Å². The molecule has 0 radical (unpaired) electrons. The molecule has 0 N–H and O–H groups in total. The normalized spacial score (nSPS) is 15.1. The Labute approximate surface area is 212 Å². The van der Waals surface area contributed by atoms with Crippen molar-refractivity contribution in [3.63, 3.8) is 0 Å². The fraction of sp³-hybridized carbons (Fsp3) is 0.320. The summed E-state index contributed by atoms with van der Waals surface area (Å²) in [7, 11) is 4.73. The zero-order valence-electron chi connectivity index (χ0n) is 19.8. The maximum atomic E-state index is 13.6. The minimum atomic E-state index is -0.333. The number of carbonyl (C=O) groups excluding carboxylic acids is 2. The summed E-state index contributed by atoms with van der Waals surface area (Å²) in [5, 5.41) is 10.0. The molecule has 0 aliphatic carbocycles. The molecule has 1 aromatic carbocycles. The predicted molar refractivity (Wildman–Crippen MR) is 137 cm³/mol. The lowest BCUT2D eigenvalue weighted by molar-refractivity contribution is -0.133. The molecule has 8 nitrogen and oxygen atoms in total. The number of methoxy groups -OCH3 is 3. The highest BCUT2D eigenvalue weighted by atomic mass is 32.1. The zero-order valence-corrected chi connectivity index (χ0v) is 21.4. The fourth-order valence-corrected chi connectivity index (χ4v) is 5.31. The van der Waals surface area contributed by atoms with Gasteiger partial charge in [-0.2, -0.15) is 5.10 Å². The third kappa shape index (κ3) is 5.55. The number of nitrogens with zero attached hydrogens (tertiary/aromatic N) is 3. The summed E-state index contributed by atoms with van der Waals surface area (Å²) in [5.41, 5.74) is 1.71. The van der Waals surface area contributed by atoms with Crippen LogP contribution in [0.3, 0.4) is 0 Å². The van der Waals surface area contributed by atoms with Crippen molar-refractivity contribution in [2.24, 2.45) is 5.10 Å². The van der Waals surface area contributed by atoms with Crippen LogP contribution in [0, 0.1) is 0 Å². The smallest absolute Gasteiger partial charge is 0.264 e. The maximum absolute atomic E-state index is 13.6. The highest BCUT2D eigenvalue weighted by molar-refractivity contribution is 7.12. The van der Waals surface area contributed by atoms with Crippen LogP contribution in [0.2, 0.25) is 0 Å². The lowest BCUT2D eigenvalue weighted by atomic mass is 10.0. The van der Waals surface area contributed by atoms with E-state index in [9.17, 15) is 9.59 Å². The first-order valence-electron chi connectivity index (χ1n) is 11.0. The van der Waals surface area contributed by atoms with Crippen LogP contribution in [-0.2, 0) is 9.53 Å². The summed E-state index contributed by atoms with van der Waals surface area (Å²) < 4.78 is 16.0. The minimum Gasteiger partial charge on any atom is -0.493 e. The molecule has 0 saturated carbocycles. The Morgan fingerprint density at radius 2 is 1.83 bits per heavy atom. The number of amides is 2. The molecular formula is C25H27N3O5S2. The van der Waals surface area contributed by atoms with E-state index in [1.807, 2.05) is 47.2 Å². The molecule has 2 aromatic heterocycles. The summed E-state index contributed by atoms with van der Waals surface area (Å²) in [6.45, 7) is 0.521. The van der Waals surface area contributed by atoms with Gasteiger partial charge in [0.25, 0.3) is 11.8 Å². The molecule has 0 fully saturated rings. The molecule has 0 bridgehead atoms. The van der Waals surface area contributed by atoms with Crippen molar-refractivity contribution in [2.75, 3.05) is 41.0 Å². The van der Waals surface area contributed by atoms with Gasteiger partial charge in [0.1, 0.15) is 6.54 Å². The third-order valence-corrected chi connectivity index (χ3v) is 7.45. The number of hydrazone groups is 1. The average molecular weight is 514 g/mol. The highest BCUT2D eigenvalue weighted by Crippen LogP contribution is 2.38. The van der Waals surface area contributed by atoms with E-state index in [2.05, 4.69) is 0 Å². The van der Waals surface area contributed by atoms with Crippen molar-refractivity contribution in [1.82, 2.24) is 9.91 Å². The van der Waals surface area contributed by atoms with Gasteiger partial charge in [-0.15, -0.1) is 22.7 Å². The summed E-state index contributed by atoms with van der Waals surface area (Å²) in [6.07, 6.45) is 0.554. The maximum Gasteiger partial charge on any atom is 0.264 e. The van der Waals surface area contributed by atoms with E-state index in [0.29, 0.717) is 35.9 Å². The Bertz CT molecular complexity index is 1180. The quantitative estimate of drug-likeness (QED) is 0.404. The van der Waals surface area contributed by atoms with Gasteiger partial charge in [-0.25, -0.2) is 5.01 Å². The molecule has 4 rings (SSSR count). The van der Waals surface area contributed by atoms with Gasteiger partial charge in [-0.1, -0.05) is 18.2 Å². The van der Waals surface area contributed by atoms with Gasteiger partial charge in [0.15, 0.2) is 11.5 Å². The monoisotopic (exact) mass is 513 g/mol. The van der Waals surface area contributed by atoms with Gasteiger partial charge >= 0.3 is 0 Å². The van der Waals surface area contributed by atoms with Gasteiger partial charge in [0, 0.05) is 20.1 Å². The summed E-state index contributed by atoms with van der Waals surface area (Å²) in [6, 6.07) is 12.8. The molecule has 0 saturated heterocycles. The molecule has 0 unspecified atom stereocenters. The van der Waals surface area contributed by atoms with E-state index in [0.717, 1.165) is 16.2 Å². The van der Waals surface area contributed by atoms with Crippen LogP contribution in [0.15, 0.2) is 58.3 Å². The van der Waals surface area contributed by atoms with E-state index >= 15 is 0 Å². The van der Waals surface area contributed by atoms with Crippen LogP contribution in [0.25, 0.3) is 0 Å². The molecule has 3 aromatic rings. The van der Waals surface area contributed by atoms with Crippen LogP contribution < -0.4 is 9.47 Å². The van der Waals surface area contributed by atoms with Crippen molar-refractivity contribution >= 4 is 40.2 Å². The number of rotatable bonds is 10. The number of ether oxygens (including phenoxy) is 3. The second-order valence-electron chi connectivity index (χ2n) is 7.79. The Balaban J connectivity index is 1.63. The molecule has 0 spiro atoms. The van der Waals surface area contributed by atoms with Crippen molar-refractivity contribution in [3.05, 3.63) is 68.5 Å². The van der Waals surface area contributed by atoms with Crippen molar-refractivity contribution in [1.29, 1.82) is 0 Å². The first kappa shape index (κ1) is 24.9. The topological polar surface area (TPSA) is 80.7 Å². The van der Waals surface area contributed by atoms with Gasteiger partial charge in [-0.05, 0) is 40.6 Å². The number of hydrogen-bond acceptors (Lipinski definition) is 8. The number of hydrogen-bond donors (Lipinski definition) is 0. The SMILES string of the molecule is COCCN(CC(=O)N1N=C(c2cccs2)C[C@H]1c1ccc(OC)c(OC)c1)C(=O)c1cccs1. The molecule has 35 heavy (non-hydrogen) atoms. The summed E-state index contributed by atoms with van der Waals surface area (Å²) in [5.74, 6) is 0.724. The Morgan fingerprint density at radius 1 is 1.06 bits per heavy atom. The van der Waals surface area contributed by atoms with Crippen molar-refractivity contribution in [3.8, 4) is 11.5 Å². The van der Waals surface area contributed by atoms with Crippen LogP contribution in [0.4, 0.5) is 0 Å². The molecular weight excluding hydrogens is 486 g/mol. The molecule has 10 heteroatoms. The van der Waals surface area contributed by atoms with Gasteiger partial charge in [-0.3, -0.25) is 9.59 Å². The Morgan fingerprint density at radius 3 is 2.49 bits per heavy atom. The van der Waals surface area contributed by atoms with E-state index in [1.165, 1.54) is 21.2 Å². The first-order valence-corrected chi connectivity index (χ1v) is 12.8. The minimum absolute atomic E-state index is 0.106. The fourth-order valence-electron chi connectivity index (χ4n) is 3.90. The van der Waals surface area contributed by atoms with Crippen LogP contribution in [0.1, 0.15) is 32.6 Å². The van der Waals surface area contributed by atoms with Crippen LogP contribution >= 0.6 is 22.7 Å². The lowest BCUT2D eigenvalue weighted by Crippen LogP contribution is -2.42. The van der Waals surface area contributed by atoms with Crippen LogP contribution in [0.5, 0.6) is 11.5 Å². The number of thiophene rings is 2. The van der Waals surface area contributed by atoms with E-state index in [4.69, 9.17) is 19.3 Å². The summed E-state index contributed by atoms with van der Waals surface area (Å²) in [4.78, 5) is 29.8. The van der Waals surface area contributed by atoms with Crippen LogP contribution in [-0.4, -0.2) is 68.5 Å². The summed E-state index contributed by atoms with van der Waals surface area (Å²) >= 11 is 2.93. The molecule has 1 atom stereocenters. The second kappa shape index (κ2) is 11.5. The van der Waals surface area contributed by atoms with E-state index in [-0.39, 0.29) is 24.4 Å². The van der Waals surface area contributed by atoms with E-state index in [1.54, 1.807) is 38.7 Å². The van der Waals surface area contributed by atoms with Gasteiger partial charge in [0.2, 0.25) is 0 Å². The lowest BCUT2D eigenvalue weighted by Gasteiger charge is -2.27. The predicted octanol–water partition coefficient (Wildman–Crippen LogP) is 4.29. The van der Waals surface area contributed by atoms with Gasteiger partial charge < -0.3 is 19.1 Å². The second-order valence-corrected chi connectivity index (χ2v) is 9.69. The Kier molecular flexibility index (Phi) is 8.17. The van der Waals surface area contributed by atoms with E-state index < -0.39 is 0 Å². The van der Waals surface area contributed by atoms with Gasteiger partial charge in [0.05, 0.1) is 42.3 Å². The number of benzene rings is 1.